The number of unbranched alkanes of at least 4 members (excludes halogenated alkanes) is 2. The molecular weight excluding hydrogens is 1100 g/mol. The summed E-state index contributed by atoms with van der Waals surface area (Å²) in [5.74, 6) is -4.49. The molecule has 12 N–H and O–H groups in total. The van der Waals surface area contributed by atoms with Crippen LogP contribution in [0.1, 0.15) is 115 Å². The molecule has 83 heavy (non-hydrogen) atoms. The van der Waals surface area contributed by atoms with Gasteiger partial charge in [0.25, 0.3) is 0 Å². The third kappa shape index (κ3) is 26.1. The van der Waals surface area contributed by atoms with Gasteiger partial charge in [-0.05, 0) is 99.3 Å². The molecule has 3 fully saturated rings. The number of rotatable bonds is 41. The number of carbonyl (C=O) groups excluding carboxylic acids is 7. The smallest absolute Gasteiger partial charge is 0.326 e. The predicted molar refractivity (Wildman–Crippen MR) is 307 cm³/mol. The largest absolute Gasteiger partial charge is 0.481 e. The molecule has 2 aromatic carbocycles. The molecule has 0 spiro atoms. The van der Waals surface area contributed by atoms with E-state index in [2.05, 4.69) is 47.9 Å². The van der Waals surface area contributed by atoms with Crippen LogP contribution in [0.4, 0.5) is 9.59 Å². The first-order valence-corrected chi connectivity index (χ1v) is 30.1. The number of carboxylic acids is 3. The van der Waals surface area contributed by atoms with Crippen molar-refractivity contribution in [1.82, 2.24) is 47.9 Å². The third-order valence-corrected chi connectivity index (χ3v) is 16.3. The number of benzene rings is 2. The third-order valence-electron chi connectivity index (χ3n) is 14.7. The average molecular weight is 1180 g/mol. The van der Waals surface area contributed by atoms with Crippen molar-refractivity contribution < 1.29 is 77.5 Å². The Balaban J connectivity index is 0.864. The zero-order valence-electron chi connectivity index (χ0n) is 47.2. The van der Waals surface area contributed by atoms with Gasteiger partial charge < -0.3 is 77.4 Å². The number of nitrogens with one attached hydrogen (secondary N) is 9. The molecule has 0 aromatic heterocycles. The number of hydrogen-bond donors (Lipinski definition) is 12. The maximum Gasteiger partial charge on any atom is 0.326 e. The van der Waals surface area contributed by atoms with Crippen LogP contribution in [0.2, 0.25) is 0 Å². The molecule has 5 rings (SSSR count). The van der Waals surface area contributed by atoms with Crippen molar-refractivity contribution >= 4 is 82.0 Å². The van der Waals surface area contributed by atoms with E-state index in [4.69, 9.17) is 19.3 Å². The lowest BCUT2D eigenvalue weighted by atomic mass is 9.81. The lowest BCUT2D eigenvalue weighted by molar-refractivity contribution is -0.141. The first-order chi connectivity index (χ1) is 40.0. The normalized spacial score (nSPS) is 19.2. The molecule has 26 heteroatoms. The molecule has 0 bridgehead atoms. The molecule has 0 unspecified atom stereocenters. The van der Waals surface area contributed by atoms with Gasteiger partial charge in [0.2, 0.25) is 29.5 Å². The number of carbonyl (C=O) groups is 10. The zero-order chi connectivity index (χ0) is 59.8. The Labute approximate surface area is 488 Å². The van der Waals surface area contributed by atoms with Gasteiger partial charge >= 0.3 is 30.0 Å². The van der Waals surface area contributed by atoms with Gasteiger partial charge in [-0.3, -0.25) is 28.8 Å². The monoisotopic (exact) mass is 1180 g/mol. The van der Waals surface area contributed by atoms with Crippen LogP contribution in [0, 0.1) is 11.8 Å². The lowest BCUT2D eigenvalue weighted by Gasteiger charge is -2.29. The molecule has 3 aliphatic rings. The first kappa shape index (κ1) is 67.0. The molecule has 2 heterocycles. The molecule has 1 saturated carbocycles. The minimum absolute atomic E-state index is 0.0383. The number of ether oxygens (including phenoxy) is 3. The predicted octanol–water partition coefficient (Wildman–Crippen LogP) is 2.72. The Morgan fingerprint density at radius 3 is 1.84 bits per heavy atom. The van der Waals surface area contributed by atoms with Crippen LogP contribution in [-0.4, -0.2) is 182 Å². The summed E-state index contributed by atoms with van der Waals surface area (Å²) in [5, 5.41) is 55.0. The minimum Gasteiger partial charge on any atom is -0.481 e. The highest BCUT2D eigenvalue weighted by Gasteiger charge is 2.42. The highest BCUT2D eigenvalue weighted by Crippen LogP contribution is 2.33. The van der Waals surface area contributed by atoms with E-state index in [9.17, 15) is 58.2 Å². The van der Waals surface area contributed by atoms with Crippen molar-refractivity contribution in [1.29, 1.82) is 0 Å². The van der Waals surface area contributed by atoms with Gasteiger partial charge in [0, 0.05) is 88.4 Å². The number of urea groups is 2. The Bertz CT molecular complexity index is 2450. The number of fused-ring (bicyclic) bond motifs is 2. The Morgan fingerprint density at radius 2 is 1.19 bits per heavy atom. The summed E-state index contributed by atoms with van der Waals surface area (Å²) in [6.07, 6.45) is 6.89. The van der Waals surface area contributed by atoms with Crippen molar-refractivity contribution in [2.45, 2.75) is 151 Å². The summed E-state index contributed by atoms with van der Waals surface area (Å²) in [4.78, 5) is 123. The Kier molecular flexibility index (Phi) is 30.2. The maximum absolute atomic E-state index is 13.7. The topological polar surface area (TPSA) is 367 Å². The standard InChI is InChI=1S/C57H85N9O16S/c67-47(13-4-3-12-46-51-45(36-83-46)65-57(79)66-51)58-25-7-27-80-29-31-82-32-30-81-28-8-26-59-48(68)21-22-49(69)61-35-37-14-18-40(19-15-37)52(72)62-44(34-38-16-17-39-9-1-2-10-41(39)33-38)53(73)60-24-6-5-11-42(54(74)75)63-56(78)64-43(55(76)77)20-23-50(70)71/h1-2,9-10,16-17,33,37,40,42-46,51H,3-8,11-15,18-32,34-36H2,(H,58,67)(H,59,68)(H,60,73)(H,61,69)(H,62,72)(H,70,71)(H,74,75)(H,76,77)(H2,63,64,78)(H2,65,66,79)/t37?,40?,42-,43-,44-,45-,46-,51-/m0/s1. The van der Waals surface area contributed by atoms with Gasteiger partial charge in [0.05, 0.1) is 38.5 Å². The van der Waals surface area contributed by atoms with Gasteiger partial charge in [0.15, 0.2) is 0 Å². The molecule has 9 amide bonds. The number of amides is 9. The number of thioether (sulfide) groups is 1. The summed E-state index contributed by atoms with van der Waals surface area (Å²) >= 11 is 1.88. The van der Waals surface area contributed by atoms with Gasteiger partial charge in [-0.2, -0.15) is 11.8 Å². The van der Waals surface area contributed by atoms with E-state index in [-0.39, 0.29) is 92.2 Å². The fourth-order valence-corrected chi connectivity index (χ4v) is 11.6. The molecule has 6 atom stereocenters. The van der Waals surface area contributed by atoms with E-state index in [1.807, 2.05) is 54.2 Å². The Morgan fingerprint density at radius 1 is 0.590 bits per heavy atom. The van der Waals surface area contributed by atoms with Crippen molar-refractivity contribution in [3.05, 3.63) is 48.0 Å². The molecule has 1 aliphatic carbocycles. The molecule has 2 aliphatic heterocycles. The maximum atomic E-state index is 13.7. The molecule has 25 nitrogen and oxygen atoms in total. The van der Waals surface area contributed by atoms with E-state index < -0.39 is 60.8 Å². The van der Waals surface area contributed by atoms with E-state index in [0.29, 0.717) is 116 Å². The van der Waals surface area contributed by atoms with E-state index in [0.717, 1.165) is 41.4 Å². The van der Waals surface area contributed by atoms with Gasteiger partial charge in [-0.1, -0.05) is 48.9 Å². The van der Waals surface area contributed by atoms with Crippen LogP contribution >= 0.6 is 11.8 Å². The van der Waals surface area contributed by atoms with Crippen molar-refractivity contribution in [3.8, 4) is 0 Å². The fourth-order valence-electron chi connectivity index (χ4n) is 10.0. The number of hydrogen-bond acceptors (Lipinski definition) is 14. The summed E-state index contributed by atoms with van der Waals surface area (Å²) in [6, 6.07) is 8.98. The van der Waals surface area contributed by atoms with E-state index in [1.54, 1.807) is 0 Å². The van der Waals surface area contributed by atoms with Crippen LogP contribution in [0.15, 0.2) is 42.5 Å². The second kappa shape index (κ2) is 37.4. The number of carboxylic acid groups (broad SMARTS) is 3. The average Bonchev–Trinajstić information content (AvgIpc) is 4.30. The SMILES string of the molecule is O=C(O)CC[C@H](NC(=O)N[C@@H](CCCCNC(=O)[C@H](Cc1ccc2ccccc2c1)NC(=O)C1CCC(CNC(=O)CCC(=O)NCCCOCCOCCOCCCNC(=O)CCCC[C@@H]2SC[C@@H]3NC(=O)N[C@@H]32)CC1)C(=O)O)C(=O)O. The van der Waals surface area contributed by atoms with Crippen molar-refractivity contribution in [2.75, 3.05) is 71.6 Å². The van der Waals surface area contributed by atoms with E-state index in [1.165, 1.54) is 0 Å². The van der Waals surface area contributed by atoms with Crippen LogP contribution in [-0.2, 0) is 59.0 Å². The second-order valence-electron chi connectivity index (χ2n) is 21.2. The quantitative estimate of drug-likeness (QED) is 0.0336. The van der Waals surface area contributed by atoms with Crippen LogP contribution in [0.5, 0.6) is 0 Å². The highest BCUT2D eigenvalue weighted by atomic mass is 32.2. The summed E-state index contributed by atoms with van der Waals surface area (Å²) in [7, 11) is 0. The van der Waals surface area contributed by atoms with Crippen molar-refractivity contribution in [2.24, 2.45) is 11.8 Å². The lowest BCUT2D eigenvalue weighted by Crippen LogP contribution is -2.51. The van der Waals surface area contributed by atoms with Crippen LogP contribution in [0.25, 0.3) is 10.8 Å². The van der Waals surface area contributed by atoms with Crippen LogP contribution < -0.4 is 47.9 Å². The summed E-state index contributed by atoms with van der Waals surface area (Å²) in [6.45, 7) is 4.12. The first-order valence-electron chi connectivity index (χ1n) is 29.1. The van der Waals surface area contributed by atoms with Gasteiger partial charge in [0.1, 0.15) is 18.1 Å². The molecule has 2 saturated heterocycles. The minimum atomic E-state index is -1.54. The fraction of sp³-hybridized carbons (Fsp3) is 0.649. The van der Waals surface area contributed by atoms with E-state index >= 15 is 0 Å². The number of aliphatic carboxylic acids is 3. The molecule has 0 radical (unpaired) electrons. The highest BCUT2D eigenvalue weighted by molar-refractivity contribution is 8.00. The second-order valence-corrected chi connectivity index (χ2v) is 22.5. The van der Waals surface area contributed by atoms with Crippen molar-refractivity contribution in [3.63, 3.8) is 0 Å². The summed E-state index contributed by atoms with van der Waals surface area (Å²) < 4.78 is 16.7. The molecule has 460 valence electrons. The molecular formula is C57H85N9O16S. The van der Waals surface area contributed by atoms with Gasteiger partial charge in [-0.25, -0.2) is 19.2 Å². The van der Waals surface area contributed by atoms with Gasteiger partial charge in [-0.15, -0.1) is 0 Å². The molecule has 2 aromatic rings. The summed E-state index contributed by atoms with van der Waals surface area (Å²) in [5.41, 5.74) is 0.829. The zero-order valence-corrected chi connectivity index (χ0v) is 48.0. The van der Waals surface area contributed by atoms with Crippen LogP contribution in [0.3, 0.4) is 0 Å². The Hall–Kier alpha value is -6.77.